The highest BCUT2D eigenvalue weighted by molar-refractivity contribution is 9.09. The normalized spacial score (nSPS) is 10.9. The number of carbonyl (C=O) groups is 1. The maximum Gasteiger partial charge on any atom is 0.185 e. The fourth-order valence-corrected chi connectivity index (χ4v) is 3.98. The molecule has 190 valence electrons. The summed E-state index contributed by atoms with van der Waals surface area (Å²) in [5.74, 6) is 2.34. The zero-order valence-electron chi connectivity index (χ0n) is 20.7. The molecule has 0 aliphatic rings. The van der Waals surface area contributed by atoms with Crippen molar-refractivity contribution in [2.75, 3.05) is 25.2 Å². The molecule has 3 rings (SSSR count). The lowest BCUT2D eigenvalue weighted by Gasteiger charge is -2.08. The molecule has 0 aromatic heterocycles. The second-order valence-electron chi connectivity index (χ2n) is 8.46. The number of halogens is 1. The van der Waals surface area contributed by atoms with Gasteiger partial charge in [-0.1, -0.05) is 78.0 Å². The van der Waals surface area contributed by atoms with Crippen molar-refractivity contribution in [2.45, 2.75) is 38.5 Å². The highest BCUT2D eigenvalue weighted by Crippen LogP contribution is 2.17. The number of ketones is 1. The first-order valence-corrected chi connectivity index (χ1v) is 13.8. The Balaban J connectivity index is 1.34. The van der Waals surface area contributed by atoms with Crippen LogP contribution in [0, 0.1) is 0 Å². The van der Waals surface area contributed by atoms with E-state index in [0.717, 1.165) is 35.4 Å². The molecule has 0 bridgehead atoms. The topological polar surface area (TPSA) is 44.8 Å². The molecule has 0 radical (unpaired) electrons. The fourth-order valence-electron chi connectivity index (χ4n) is 3.59. The first-order chi connectivity index (χ1) is 17.7. The molecule has 0 fully saturated rings. The number of benzene rings is 3. The molecule has 3 aromatic rings. The summed E-state index contributed by atoms with van der Waals surface area (Å²) in [6.07, 6.45) is 10.8. The van der Waals surface area contributed by atoms with Gasteiger partial charge in [0.2, 0.25) is 0 Å². The van der Waals surface area contributed by atoms with Crippen LogP contribution >= 0.6 is 15.9 Å². The molecule has 0 atom stereocenters. The lowest BCUT2D eigenvalue weighted by Crippen LogP contribution is -2.09. The van der Waals surface area contributed by atoms with Crippen molar-refractivity contribution in [3.63, 3.8) is 0 Å². The Morgan fingerprint density at radius 1 is 0.611 bits per heavy atom. The van der Waals surface area contributed by atoms with Crippen molar-refractivity contribution in [1.29, 1.82) is 0 Å². The van der Waals surface area contributed by atoms with Gasteiger partial charge in [0.1, 0.15) is 30.5 Å². The molecule has 3 aromatic carbocycles. The van der Waals surface area contributed by atoms with E-state index in [-0.39, 0.29) is 5.78 Å². The third kappa shape index (κ3) is 10.7. The molecule has 36 heavy (non-hydrogen) atoms. The molecule has 0 saturated carbocycles. The van der Waals surface area contributed by atoms with Crippen molar-refractivity contribution in [3.05, 3.63) is 96.1 Å². The minimum atomic E-state index is -0.0505. The van der Waals surface area contributed by atoms with E-state index in [1.54, 1.807) is 30.3 Å². The first-order valence-electron chi connectivity index (χ1n) is 12.7. The summed E-state index contributed by atoms with van der Waals surface area (Å²) in [6, 6.07) is 24.6. The van der Waals surface area contributed by atoms with Gasteiger partial charge in [0, 0.05) is 10.9 Å². The lowest BCUT2D eigenvalue weighted by atomic mass is 10.1. The fraction of sp³-hybridized carbons (Fsp3) is 0.323. The van der Waals surface area contributed by atoms with Gasteiger partial charge in [-0.15, -0.1) is 0 Å². The summed E-state index contributed by atoms with van der Waals surface area (Å²) < 4.78 is 17.1. The zero-order chi connectivity index (χ0) is 25.3. The minimum Gasteiger partial charge on any atom is -0.494 e. The van der Waals surface area contributed by atoms with Crippen molar-refractivity contribution in [1.82, 2.24) is 0 Å². The van der Waals surface area contributed by atoms with E-state index in [0.29, 0.717) is 24.5 Å². The number of carbonyl (C=O) groups excluding carboxylic acids is 1. The van der Waals surface area contributed by atoms with Crippen LogP contribution in [0.25, 0.3) is 6.08 Å². The average molecular weight is 552 g/mol. The molecular weight excluding hydrogens is 516 g/mol. The molecule has 0 aliphatic carbocycles. The Bertz CT molecular complexity index is 1030. The van der Waals surface area contributed by atoms with Crippen molar-refractivity contribution in [3.8, 4) is 17.2 Å². The van der Waals surface area contributed by atoms with Crippen molar-refractivity contribution >= 4 is 27.8 Å². The summed E-state index contributed by atoms with van der Waals surface area (Å²) in [7, 11) is 0. The van der Waals surface area contributed by atoms with Gasteiger partial charge in [-0.05, 0) is 73.0 Å². The van der Waals surface area contributed by atoms with E-state index in [4.69, 9.17) is 14.2 Å². The number of rotatable bonds is 17. The van der Waals surface area contributed by atoms with Gasteiger partial charge in [0.15, 0.2) is 5.78 Å². The number of hydrogen-bond donors (Lipinski definition) is 0. The predicted molar refractivity (Wildman–Crippen MR) is 151 cm³/mol. The van der Waals surface area contributed by atoms with E-state index in [2.05, 4.69) is 15.9 Å². The van der Waals surface area contributed by atoms with Gasteiger partial charge in [-0.3, -0.25) is 4.79 Å². The third-order valence-electron chi connectivity index (χ3n) is 5.61. The summed E-state index contributed by atoms with van der Waals surface area (Å²) >= 11 is 3.47. The number of hydrogen-bond acceptors (Lipinski definition) is 4. The summed E-state index contributed by atoms with van der Waals surface area (Å²) in [5.41, 5.74) is 1.58. The molecule has 0 spiro atoms. The van der Waals surface area contributed by atoms with Gasteiger partial charge in [-0.2, -0.15) is 0 Å². The smallest absolute Gasteiger partial charge is 0.185 e. The maximum atomic E-state index is 12.5. The Hall–Kier alpha value is -3.05. The average Bonchev–Trinajstić information content (AvgIpc) is 2.93. The van der Waals surface area contributed by atoms with Gasteiger partial charge >= 0.3 is 0 Å². The first kappa shape index (κ1) is 27.5. The van der Waals surface area contributed by atoms with Crippen LogP contribution in [-0.4, -0.2) is 30.9 Å². The molecular formula is C31H35BrO4. The van der Waals surface area contributed by atoms with Crippen LogP contribution in [0.3, 0.4) is 0 Å². The molecule has 0 saturated heterocycles. The molecule has 0 aliphatic heterocycles. The predicted octanol–water partition coefficient (Wildman–Crippen LogP) is 8.15. The quantitative estimate of drug-likeness (QED) is 0.0735. The van der Waals surface area contributed by atoms with Gasteiger partial charge < -0.3 is 14.2 Å². The van der Waals surface area contributed by atoms with Crippen LogP contribution in [0.5, 0.6) is 17.2 Å². The van der Waals surface area contributed by atoms with Crippen LogP contribution in [0.4, 0.5) is 0 Å². The molecule has 4 nitrogen and oxygen atoms in total. The van der Waals surface area contributed by atoms with Crippen LogP contribution in [0.15, 0.2) is 84.9 Å². The largest absolute Gasteiger partial charge is 0.494 e. The minimum absolute atomic E-state index is 0.0505. The molecule has 0 unspecified atom stereocenters. The lowest BCUT2D eigenvalue weighted by molar-refractivity contribution is 0.104. The van der Waals surface area contributed by atoms with Crippen LogP contribution < -0.4 is 14.2 Å². The molecule has 0 heterocycles. The van der Waals surface area contributed by atoms with Crippen LogP contribution in [0.1, 0.15) is 54.4 Å². The second-order valence-corrected chi connectivity index (χ2v) is 9.25. The molecule has 5 heteroatoms. The van der Waals surface area contributed by atoms with Crippen LogP contribution in [0.2, 0.25) is 0 Å². The Morgan fingerprint density at radius 3 is 1.78 bits per heavy atom. The number of ether oxygens (including phenoxy) is 3. The third-order valence-corrected chi connectivity index (χ3v) is 6.17. The standard InChI is InChI=1S/C31H35BrO4/c32-22-8-3-1-2-4-9-23-34-29-17-12-26(13-18-29)14-21-31(33)27-15-19-30(20-16-27)36-25-24-35-28-10-6-5-7-11-28/h5-7,10-21H,1-4,8-9,22-25H2. The highest BCUT2D eigenvalue weighted by Gasteiger charge is 2.03. The van der Waals surface area contributed by atoms with E-state index >= 15 is 0 Å². The van der Waals surface area contributed by atoms with E-state index in [9.17, 15) is 4.79 Å². The Labute approximate surface area is 223 Å². The summed E-state index contributed by atoms with van der Waals surface area (Å²) in [6.45, 7) is 1.63. The van der Waals surface area contributed by atoms with Crippen molar-refractivity contribution < 1.29 is 19.0 Å². The molecule has 0 amide bonds. The Morgan fingerprint density at radius 2 is 1.14 bits per heavy atom. The van der Waals surface area contributed by atoms with E-state index in [1.807, 2.05) is 60.7 Å². The monoisotopic (exact) mass is 550 g/mol. The molecule has 0 N–H and O–H groups in total. The van der Waals surface area contributed by atoms with E-state index < -0.39 is 0 Å². The van der Waals surface area contributed by atoms with Gasteiger partial charge in [0.05, 0.1) is 6.61 Å². The van der Waals surface area contributed by atoms with Gasteiger partial charge in [-0.25, -0.2) is 0 Å². The van der Waals surface area contributed by atoms with E-state index in [1.165, 1.54) is 32.1 Å². The number of allylic oxidation sites excluding steroid dienone is 1. The number of para-hydroxylation sites is 1. The highest BCUT2D eigenvalue weighted by atomic mass is 79.9. The summed E-state index contributed by atoms with van der Waals surface area (Å²) in [5, 5.41) is 1.10. The maximum absolute atomic E-state index is 12.5. The van der Waals surface area contributed by atoms with Crippen molar-refractivity contribution in [2.24, 2.45) is 0 Å². The zero-order valence-corrected chi connectivity index (χ0v) is 22.3. The Kier molecular flexibility index (Phi) is 12.7. The second kappa shape index (κ2) is 16.6. The number of unbranched alkanes of at least 4 members (excludes halogenated alkanes) is 5. The SMILES string of the molecule is O=C(C=Cc1ccc(OCCCCCCCCBr)cc1)c1ccc(OCCOc2ccccc2)cc1. The number of alkyl halides is 1. The van der Waals surface area contributed by atoms with Crippen LogP contribution in [-0.2, 0) is 0 Å². The summed E-state index contributed by atoms with van der Waals surface area (Å²) in [4.78, 5) is 12.5. The van der Waals surface area contributed by atoms with Gasteiger partial charge in [0.25, 0.3) is 0 Å².